The number of para-hydroxylation sites is 2. The molecule has 0 amide bonds. The number of nitrogens with zero attached hydrogens (tertiary/aromatic N) is 1. The Morgan fingerprint density at radius 3 is 2.55 bits per heavy atom. The minimum Gasteiger partial charge on any atom is -0.392 e. The third-order valence-corrected chi connectivity index (χ3v) is 4.12. The first-order valence-corrected chi connectivity index (χ1v) is 7.41. The standard InChI is InChI=1S/C18H21NO/c1-2-8-18(20)16-13-19(14-9-4-3-5-10-14)17-12-7-6-11-15(16)17/h3-7,9-12,16,18,20H,2,8,13H2,1H3/t16-,18-/m0/s1. The second-order valence-corrected chi connectivity index (χ2v) is 5.47. The summed E-state index contributed by atoms with van der Waals surface area (Å²) in [6.45, 7) is 2.99. The molecule has 104 valence electrons. The van der Waals surface area contributed by atoms with E-state index in [4.69, 9.17) is 0 Å². The van der Waals surface area contributed by atoms with E-state index in [0.29, 0.717) is 0 Å². The first-order valence-electron chi connectivity index (χ1n) is 7.41. The predicted molar refractivity (Wildman–Crippen MR) is 83.5 cm³/mol. The maximum Gasteiger partial charge on any atom is 0.0626 e. The van der Waals surface area contributed by atoms with Crippen molar-refractivity contribution in [2.75, 3.05) is 11.4 Å². The molecular weight excluding hydrogens is 246 g/mol. The summed E-state index contributed by atoms with van der Waals surface area (Å²) in [7, 11) is 0. The Hall–Kier alpha value is -1.80. The highest BCUT2D eigenvalue weighted by molar-refractivity contribution is 5.71. The molecule has 20 heavy (non-hydrogen) atoms. The zero-order valence-electron chi connectivity index (χ0n) is 11.9. The van der Waals surface area contributed by atoms with Crippen LogP contribution >= 0.6 is 0 Å². The highest BCUT2D eigenvalue weighted by atomic mass is 16.3. The number of benzene rings is 2. The van der Waals surface area contributed by atoms with Crippen LogP contribution in [0.15, 0.2) is 54.6 Å². The topological polar surface area (TPSA) is 23.5 Å². The van der Waals surface area contributed by atoms with Crippen LogP contribution in [0.3, 0.4) is 0 Å². The first-order chi connectivity index (χ1) is 9.81. The summed E-state index contributed by atoms with van der Waals surface area (Å²) >= 11 is 0. The zero-order valence-corrected chi connectivity index (χ0v) is 11.9. The molecule has 2 heteroatoms. The van der Waals surface area contributed by atoms with Gasteiger partial charge in [0, 0.05) is 23.8 Å². The molecule has 0 radical (unpaired) electrons. The molecule has 0 spiro atoms. The molecule has 3 rings (SSSR count). The largest absolute Gasteiger partial charge is 0.392 e. The van der Waals surface area contributed by atoms with Crippen LogP contribution in [-0.4, -0.2) is 17.8 Å². The Morgan fingerprint density at radius 2 is 1.80 bits per heavy atom. The molecule has 0 fully saturated rings. The Labute approximate surface area is 120 Å². The summed E-state index contributed by atoms with van der Waals surface area (Å²) in [5.74, 6) is 0.214. The summed E-state index contributed by atoms with van der Waals surface area (Å²) in [5, 5.41) is 10.4. The van der Waals surface area contributed by atoms with Crippen molar-refractivity contribution in [2.45, 2.75) is 31.8 Å². The van der Waals surface area contributed by atoms with Gasteiger partial charge in [0.05, 0.1) is 6.10 Å². The molecule has 2 aromatic rings. The highest BCUT2D eigenvalue weighted by Crippen LogP contribution is 2.42. The van der Waals surface area contributed by atoms with Crippen LogP contribution in [0.1, 0.15) is 31.2 Å². The van der Waals surface area contributed by atoms with Gasteiger partial charge >= 0.3 is 0 Å². The van der Waals surface area contributed by atoms with Crippen LogP contribution in [0.4, 0.5) is 11.4 Å². The number of aliphatic hydroxyl groups excluding tert-OH is 1. The number of fused-ring (bicyclic) bond motifs is 1. The van der Waals surface area contributed by atoms with Crippen LogP contribution in [0.2, 0.25) is 0 Å². The van der Waals surface area contributed by atoms with Crippen LogP contribution in [0.5, 0.6) is 0 Å². The van der Waals surface area contributed by atoms with E-state index in [2.05, 4.69) is 60.4 Å². The van der Waals surface area contributed by atoms with Crippen molar-refractivity contribution in [3.63, 3.8) is 0 Å². The molecule has 2 nitrogen and oxygen atoms in total. The fourth-order valence-corrected chi connectivity index (χ4v) is 3.12. The van der Waals surface area contributed by atoms with Crippen molar-refractivity contribution in [1.82, 2.24) is 0 Å². The highest BCUT2D eigenvalue weighted by Gasteiger charge is 2.33. The second kappa shape index (κ2) is 5.68. The maximum absolute atomic E-state index is 10.4. The molecule has 1 heterocycles. The number of rotatable bonds is 4. The van der Waals surface area contributed by atoms with Crippen LogP contribution in [0.25, 0.3) is 0 Å². The lowest BCUT2D eigenvalue weighted by Gasteiger charge is -2.21. The molecule has 0 saturated heterocycles. The van der Waals surface area contributed by atoms with Crippen molar-refractivity contribution in [3.8, 4) is 0 Å². The van der Waals surface area contributed by atoms with Gasteiger partial charge in [-0.1, -0.05) is 49.7 Å². The fraction of sp³-hybridized carbons (Fsp3) is 0.333. The third-order valence-electron chi connectivity index (χ3n) is 4.12. The molecule has 0 unspecified atom stereocenters. The molecule has 1 aliphatic heterocycles. The first kappa shape index (κ1) is 13.2. The van der Waals surface area contributed by atoms with E-state index in [9.17, 15) is 5.11 Å². The van der Waals surface area contributed by atoms with Gasteiger partial charge in [-0.15, -0.1) is 0 Å². The lowest BCUT2D eigenvalue weighted by molar-refractivity contribution is 0.138. The fourth-order valence-electron chi connectivity index (χ4n) is 3.12. The van der Waals surface area contributed by atoms with Gasteiger partial charge < -0.3 is 10.0 Å². The van der Waals surface area contributed by atoms with Gasteiger partial charge in [0.15, 0.2) is 0 Å². The molecule has 2 aromatic carbocycles. The molecule has 0 saturated carbocycles. The van der Waals surface area contributed by atoms with Crippen LogP contribution in [-0.2, 0) is 0 Å². The van der Waals surface area contributed by atoms with E-state index in [1.54, 1.807) is 0 Å². The van der Waals surface area contributed by atoms with Gasteiger partial charge in [0.2, 0.25) is 0 Å². The third kappa shape index (κ3) is 2.32. The van der Waals surface area contributed by atoms with Gasteiger partial charge in [-0.25, -0.2) is 0 Å². The molecule has 0 aromatic heterocycles. The van der Waals surface area contributed by atoms with Gasteiger partial charge in [-0.05, 0) is 30.2 Å². The molecule has 1 aliphatic rings. The van der Waals surface area contributed by atoms with E-state index < -0.39 is 0 Å². The monoisotopic (exact) mass is 267 g/mol. The Morgan fingerprint density at radius 1 is 1.10 bits per heavy atom. The Balaban J connectivity index is 1.96. The van der Waals surface area contributed by atoms with E-state index >= 15 is 0 Å². The summed E-state index contributed by atoms with van der Waals surface area (Å²) in [6, 6.07) is 18.9. The predicted octanol–water partition coefficient (Wildman–Crippen LogP) is 4.08. The molecular formula is C18H21NO. The van der Waals surface area contributed by atoms with Crippen LogP contribution < -0.4 is 4.90 Å². The molecule has 0 aliphatic carbocycles. The van der Waals surface area contributed by atoms with Gasteiger partial charge in [0.1, 0.15) is 0 Å². The summed E-state index contributed by atoms with van der Waals surface area (Å²) < 4.78 is 0. The van der Waals surface area contributed by atoms with E-state index in [1.165, 1.54) is 16.9 Å². The quantitative estimate of drug-likeness (QED) is 0.902. The average molecular weight is 267 g/mol. The van der Waals surface area contributed by atoms with Gasteiger partial charge in [0.25, 0.3) is 0 Å². The lowest BCUT2D eigenvalue weighted by Crippen LogP contribution is -2.23. The Kier molecular flexibility index (Phi) is 3.75. The maximum atomic E-state index is 10.4. The summed E-state index contributed by atoms with van der Waals surface area (Å²) in [4.78, 5) is 2.32. The van der Waals surface area contributed by atoms with Crippen molar-refractivity contribution in [2.24, 2.45) is 0 Å². The number of hydrogen-bond donors (Lipinski definition) is 1. The smallest absolute Gasteiger partial charge is 0.0626 e. The van der Waals surface area contributed by atoms with Gasteiger partial charge in [-0.3, -0.25) is 0 Å². The number of hydrogen-bond acceptors (Lipinski definition) is 2. The lowest BCUT2D eigenvalue weighted by atomic mass is 9.93. The van der Waals surface area contributed by atoms with Crippen LogP contribution in [0, 0.1) is 0 Å². The average Bonchev–Trinajstić information content (AvgIpc) is 2.88. The van der Waals surface area contributed by atoms with Crippen molar-refractivity contribution >= 4 is 11.4 Å². The zero-order chi connectivity index (χ0) is 13.9. The summed E-state index contributed by atoms with van der Waals surface area (Å²) in [6.07, 6.45) is 1.63. The second-order valence-electron chi connectivity index (χ2n) is 5.47. The Bertz CT molecular complexity index is 567. The normalized spacial score (nSPS) is 18.9. The molecule has 2 atom stereocenters. The number of aliphatic hydroxyl groups is 1. The van der Waals surface area contributed by atoms with E-state index in [-0.39, 0.29) is 12.0 Å². The van der Waals surface area contributed by atoms with Crippen molar-refractivity contribution in [1.29, 1.82) is 0 Å². The number of anilines is 2. The SMILES string of the molecule is CCC[C@H](O)[C@H]1CN(c2ccccc2)c2ccccc21. The van der Waals surface area contributed by atoms with Gasteiger partial charge in [-0.2, -0.15) is 0 Å². The van der Waals surface area contributed by atoms with Crippen molar-refractivity contribution in [3.05, 3.63) is 60.2 Å². The molecule has 1 N–H and O–H groups in total. The minimum atomic E-state index is -0.255. The van der Waals surface area contributed by atoms with E-state index in [0.717, 1.165) is 19.4 Å². The van der Waals surface area contributed by atoms with E-state index in [1.807, 2.05) is 6.07 Å². The van der Waals surface area contributed by atoms with Crippen molar-refractivity contribution < 1.29 is 5.11 Å². The summed E-state index contributed by atoms with van der Waals surface area (Å²) in [5.41, 5.74) is 3.71. The molecule has 0 bridgehead atoms. The minimum absolute atomic E-state index is 0.214.